The molecule has 2 rings (SSSR count). The predicted octanol–water partition coefficient (Wildman–Crippen LogP) is -2.00. The van der Waals surface area contributed by atoms with Crippen molar-refractivity contribution in [2.75, 3.05) is 6.54 Å². The first-order valence-corrected chi connectivity index (χ1v) is 5.05. The summed E-state index contributed by atoms with van der Waals surface area (Å²) < 4.78 is 0. The first kappa shape index (κ1) is 10.8. The Morgan fingerprint density at radius 1 is 1.13 bits per heavy atom. The van der Waals surface area contributed by atoms with Crippen LogP contribution >= 0.6 is 0 Å². The molecule has 0 radical (unpaired) electrons. The van der Waals surface area contributed by atoms with Crippen LogP contribution in [0.2, 0.25) is 0 Å². The Hall–Kier alpha value is -0.690. The average Bonchev–Trinajstić information content (AvgIpc) is 2.44. The molecule has 86 valence electrons. The van der Waals surface area contributed by atoms with Crippen LogP contribution in [0.5, 0.6) is 0 Å². The Kier molecular flexibility index (Phi) is 2.68. The molecule has 2 fully saturated rings. The number of carboxylic acid groups (broad SMARTS) is 1. The van der Waals surface area contributed by atoms with Gasteiger partial charge in [0.1, 0.15) is 6.04 Å². The summed E-state index contributed by atoms with van der Waals surface area (Å²) in [6.07, 6.45) is -2.08. The number of piperidine rings is 1. The first-order chi connectivity index (χ1) is 7.02. The second-order valence-corrected chi connectivity index (χ2v) is 4.24. The number of hydrogen-bond donors (Lipinski definition) is 4. The molecule has 0 aromatic carbocycles. The summed E-state index contributed by atoms with van der Waals surface area (Å²) in [6.45, 7) is 0.111. The van der Waals surface area contributed by atoms with E-state index >= 15 is 0 Å². The van der Waals surface area contributed by atoms with Crippen molar-refractivity contribution in [1.82, 2.24) is 4.90 Å². The molecule has 2 aliphatic heterocycles. The summed E-state index contributed by atoms with van der Waals surface area (Å²) in [7, 11) is 0. The number of hydrogen-bond acceptors (Lipinski definition) is 5. The van der Waals surface area contributed by atoms with E-state index in [1.807, 2.05) is 0 Å². The van der Waals surface area contributed by atoms with E-state index in [1.54, 1.807) is 0 Å². The largest absolute Gasteiger partial charge is 0.480 e. The van der Waals surface area contributed by atoms with Crippen LogP contribution in [0.1, 0.15) is 12.8 Å². The minimum atomic E-state index is -1.05. The number of carboxylic acids is 1. The molecule has 2 aliphatic rings. The maximum absolute atomic E-state index is 10.9. The molecule has 4 N–H and O–H groups in total. The summed E-state index contributed by atoms with van der Waals surface area (Å²) in [5.74, 6) is -0.965. The first-order valence-electron chi connectivity index (χ1n) is 5.05. The highest BCUT2D eigenvalue weighted by Crippen LogP contribution is 2.31. The van der Waals surface area contributed by atoms with Crippen LogP contribution in [0.25, 0.3) is 0 Å². The molecule has 0 spiro atoms. The summed E-state index contributed by atoms with van der Waals surface area (Å²) in [6, 6.07) is -1.35. The van der Waals surface area contributed by atoms with Gasteiger partial charge in [0, 0.05) is 6.54 Å². The number of aliphatic hydroxyl groups excluding tert-OH is 3. The lowest BCUT2D eigenvalue weighted by Gasteiger charge is -2.38. The number of rotatable bonds is 1. The Morgan fingerprint density at radius 2 is 1.80 bits per heavy atom. The van der Waals surface area contributed by atoms with Crippen molar-refractivity contribution in [1.29, 1.82) is 0 Å². The monoisotopic (exact) mass is 217 g/mol. The molecule has 0 aliphatic carbocycles. The molecule has 2 saturated heterocycles. The fourth-order valence-corrected chi connectivity index (χ4v) is 2.58. The molecule has 0 bridgehead atoms. The third kappa shape index (κ3) is 1.63. The molecule has 6 nitrogen and oxygen atoms in total. The van der Waals surface area contributed by atoms with E-state index in [0.717, 1.165) is 0 Å². The molecule has 5 atom stereocenters. The number of aliphatic hydroxyl groups is 3. The van der Waals surface area contributed by atoms with Gasteiger partial charge in [-0.1, -0.05) is 0 Å². The zero-order valence-electron chi connectivity index (χ0n) is 8.15. The van der Waals surface area contributed by atoms with Crippen LogP contribution in [0.15, 0.2) is 0 Å². The van der Waals surface area contributed by atoms with Gasteiger partial charge in [0.15, 0.2) is 0 Å². The number of aliphatic carboxylic acids is 1. The maximum Gasteiger partial charge on any atom is 0.320 e. The smallest absolute Gasteiger partial charge is 0.320 e. The van der Waals surface area contributed by atoms with E-state index in [4.69, 9.17) is 5.11 Å². The average molecular weight is 217 g/mol. The van der Waals surface area contributed by atoms with Gasteiger partial charge in [-0.05, 0) is 12.8 Å². The van der Waals surface area contributed by atoms with Crippen LogP contribution < -0.4 is 0 Å². The van der Waals surface area contributed by atoms with E-state index < -0.39 is 36.4 Å². The fraction of sp³-hybridized carbons (Fsp3) is 0.889. The highest BCUT2D eigenvalue weighted by molar-refractivity contribution is 5.73. The minimum absolute atomic E-state index is 0.111. The second kappa shape index (κ2) is 3.71. The van der Waals surface area contributed by atoms with E-state index in [0.29, 0.717) is 12.8 Å². The summed E-state index contributed by atoms with van der Waals surface area (Å²) in [5, 5.41) is 37.7. The van der Waals surface area contributed by atoms with Crippen molar-refractivity contribution in [2.45, 2.75) is 43.2 Å². The van der Waals surface area contributed by atoms with Crippen molar-refractivity contribution < 1.29 is 25.2 Å². The molecular formula is C9H15NO5. The van der Waals surface area contributed by atoms with Gasteiger partial charge < -0.3 is 20.4 Å². The van der Waals surface area contributed by atoms with E-state index in [9.17, 15) is 20.1 Å². The molecule has 2 heterocycles. The van der Waals surface area contributed by atoms with Crippen molar-refractivity contribution >= 4 is 5.97 Å². The van der Waals surface area contributed by atoms with Crippen molar-refractivity contribution in [3.05, 3.63) is 0 Å². The van der Waals surface area contributed by atoms with Gasteiger partial charge in [-0.3, -0.25) is 9.69 Å². The molecule has 0 aromatic rings. The number of nitrogens with zero attached hydrogens (tertiary/aromatic N) is 1. The van der Waals surface area contributed by atoms with E-state index in [2.05, 4.69) is 0 Å². The normalized spacial score (nSPS) is 46.5. The Balaban J connectivity index is 2.21. The zero-order chi connectivity index (χ0) is 11.2. The highest BCUT2D eigenvalue weighted by atomic mass is 16.4. The van der Waals surface area contributed by atoms with Gasteiger partial charge in [0.2, 0.25) is 0 Å². The summed E-state index contributed by atoms with van der Waals surface area (Å²) in [4.78, 5) is 12.4. The lowest BCUT2D eigenvalue weighted by atomic mass is 9.92. The lowest BCUT2D eigenvalue weighted by molar-refractivity contribution is -0.148. The number of carbonyl (C=O) groups is 1. The fourth-order valence-electron chi connectivity index (χ4n) is 2.58. The highest BCUT2D eigenvalue weighted by Gasteiger charge is 2.50. The van der Waals surface area contributed by atoms with Gasteiger partial charge in [-0.15, -0.1) is 0 Å². The van der Waals surface area contributed by atoms with Crippen LogP contribution in [0.3, 0.4) is 0 Å². The second-order valence-electron chi connectivity index (χ2n) is 4.24. The van der Waals surface area contributed by atoms with Gasteiger partial charge in [0.25, 0.3) is 0 Å². The van der Waals surface area contributed by atoms with E-state index in [1.165, 1.54) is 4.90 Å². The quantitative estimate of drug-likeness (QED) is 0.405. The van der Waals surface area contributed by atoms with Crippen LogP contribution in [0.4, 0.5) is 0 Å². The lowest BCUT2D eigenvalue weighted by Crippen LogP contribution is -2.55. The third-order valence-corrected chi connectivity index (χ3v) is 3.34. The Labute approximate surface area is 86.7 Å². The SMILES string of the molecule is O=C(O)C1CC[C@@H](O)[C@@H]2[C@H](O)[C@H](O)CN12. The molecule has 0 aromatic heterocycles. The molecule has 0 saturated carbocycles. The van der Waals surface area contributed by atoms with Crippen LogP contribution in [-0.2, 0) is 4.79 Å². The summed E-state index contributed by atoms with van der Waals surface area (Å²) in [5.41, 5.74) is 0. The molecule has 1 unspecified atom stereocenters. The molecule has 6 heteroatoms. The third-order valence-electron chi connectivity index (χ3n) is 3.34. The maximum atomic E-state index is 10.9. The van der Waals surface area contributed by atoms with Gasteiger partial charge in [0.05, 0.1) is 24.4 Å². The van der Waals surface area contributed by atoms with Crippen molar-refractivity contribution in [3.63, 3.8) is 0 Å². The number of fused-ring (bicyclic) bond motifs is 1. The van der Waals surface area contributed by atoms with Gasteiger partial charge in [-0.25, -0.2) is 0 Å². The molecule has 0 amide bonds. The van der Waals surface area contributed by atoms with Crippen molar-refractivity contribution in [3.8, 4) is 0 Å². The van der Waals surface area contributed by atoms with Crippen molar-refractivity contribution in [2.24, 2.45) is 0 Å². The van der Waals surface area contributed by atoms with Crippen LogP contribution in [0, 0.1) is 0 Å². The standard InChI is InChI=1S/C9H15NO5/c11-5-2-1-4(9(14)15)10-3-6(12)8(13)7(5)10/h4-8,11-13H,1-3H2,(H,14,15)/t4?,5-,6-,7-,8-/m1/s1. The van der Waals surface area contributed by atoms with Gasteiger partial charge >= 0.3 is 5.97 Å². The Bertz CT molecular complexity index is 271. The van der Waals surface area contributed by atoms with Gasteiger partial charge in [-0.2, -0.15) is 0 Å². The molecular weight excluding hydrogens is 202 g/mol. The van der Waals surface area contributed by atoms with Crippen LogP contribution in [-0.4, -0.2) is 68.2 Å². The topological polar surface area (TPSA) is 101 Å². The Morgan fingerprint density at radius 3 is 2.40 bits per heavy atom. The van der Waals surface area contributed by atoms with E-state index in [-0.39, 0.29) is 6.54 Å². The zero-order valence-corrected chi connectivity index (χ0v) is 8.15. The minimum Gasteiger partial charge on any atom is -0.480 e. The predicted molar refractivity (Wildman–Crippen MR) is 49.2 cm³/mol. The summed E-state index contributed by atoms with van der Waals surface area (Å²) >= 11 is 0. The molecule has 15 heavy (non-hydrogen) atoms.